The van der Waals surface area contributed by atoms with E-state index in [0.717, 1.165) is 6.42 Å². The van der Waals surface area contributed by atoms with Gasteiger partial charge >= 0.3 is 0 Å². The van der Waals surface area contributed by atoms with Gasteiger partial charge in [-0.1, -0.05) is 49.4 Å². The summed E-state index contributed by atoms with van der Waals surface area (Å²) in [7, 11) is 0. The van der Waals surface area contributed by atoms with Gasteiger partial charge in [0.25, 0.3) is 0 Å². The summed E-state index contributed by atoms with van der Waals surface area (Å²) in [6.07, 6.45) is 1.11. The van der Waals surface area contributed by atoms with Crippen molar-refractivity contribution in [1.29, 1.82) is 0 Å². The number of hydrogen-bond donors (Lipinski definition) is 0. The lowest BCUT2D eigenvalue weighted by Gasteiger charge is -2.10. The van der Waals surface area contributed by atoms with E-state index < -0.39 is 0 Å². The minimum Gasteiger partial charge on any atom is -0.0999 e. The van der Waals surface area contributed by atoms with Crippen LogP contribution in [0.25, 0.3) is 0 Å². The van der Waals surface area contributed by atoms with E-state index in [-0.39, 0.29) is 0 Å². The molecule has 0 radical (unpaired) electrons. The minimum absolute atomic E-state index is 0.590. The van der Waals surface area contributed by atoms with E-state index in [2.05, 4.69) is 50.8 Å². The van der Waals surface area contributed by atoms with Crippen LogP contribution in [0.15, 0.2) is 42.5 Å². The van der Waals surface area contributed by atoms with Crippen molar-refractivity contribution < 1.29 is 0 Å². The highest BCUT2D eigenvalue weighted by Crippen LogP contribution is 2.13. The molecule has 1 aromatic carbocycles. The van der Waals surface area contributed by atoms with E-state index in [1.165, 1.54) is 11.1 Å². The fraction of sp³-hybridized carbons (Fsp3) is 0.333. The fourth-order valence-corrected chi connectivity index (χ4v) is 1.14. The molecule has 0 aliphatic rings. The van der Waals surface area contributed by atoms with E-state index in [9.17, 15) is 0 Å². The van der Waals surface area contributed by atoms with E-state index in [1.54, 1.807) is 0 Å². The van der Waals surface area contributed by atoms with Crippen LogP contribution in [0.4, 0.5) is 0 Å². The van der Waals surface area contributed by atoms with Crippen molar-refractivity contribution in [2.45, 2.75) is 20.3 Å². The third kappa shape index (κ3) is 2.54. The van der Waals surface area contributed by atoms with Crippen LogP contribution in [0.3, 0.4) is 0 Å². The van der Waals surface area contributed by atoms with Crippen molar-refractivity contribution in [3.8, 4) is 0 Å². The van der Waals surface area contributed by atoms with E-state index in [4.69, 9.17) is 0 Å². The van der Waals surface area contributed by atoms with Crippen molar-refractivity contribution in [1.82, 2.24) is 0 Å². The Hall–Kier alpha value is -1.04. The molecule has 0 aliphatic heterocycles. The van der Waals surface area contributed by atoms with E-state index in [1.807, 2.05) is 0 Å². The number of hydrogen-bond acceptors (Lipinski definition) is 0. The molecule has 0 fully saturated rings. The third-order valence-corrected chi connectivity index (χ3v) is 2.23. The van der Waals surface area contributed by atoms with E-state index in [0.29, 0.717) is 5.92 Å². The van der Waals surface area contributed by atoms with Crippen LogP contribution in [0.2, 0.25) is 0 Å². The maximum absolute atomic E-state index is 3.95. The summed E-state index contributed by atoms with van der Waals surface area (Å²) in [4.78, 5) is 0. The average molecular weight is 160 g/mol. The maximum atomic E-state index is 3.95. The Balaban J connectivity index is 2.58. The van der Waals surface area contributed by atoms with Crippen molar-refractivity contribution in [3.05, 3.63) is 48.0 Å². The molecule has 0 heterocycles. The Morgan fingerprint density at radius 2 is 1.92 bits per heavy atom. The van der Waals surface area contributed by atoms with Crippen LogP contribution in [-0.4, -0.2) is 0 Å². The van der Waals surface area contributed by atoms with Crippen LogP contribution in [0, 0.1) is 5.92 Å². The van der Waals surface area contributed by atoms with Crippen molar-refractivity contribution in [2.75, 3.05) is 0 Å². The van der Waals surface area contributed by atoms with Crippen molar-refractivity contribution in [3.63, 3.8) is 0 Å². The average Bonchev–Trinajstić information content (AvgIpc) is 2.06. The summed E-state index contributed by atoms with van der Waals surface area (Å²) in [6.45, 7) is 8.26. The molecule has 64 valence electrons. The summed E-state index contributed by atoms with van der Waals surface area (Å²) in [5.74, 6) is 0.590. The molecule has 1 unspecified atom stereocenters. The van der Waals surface area contributed by atoms with Crippen molar-refractivity contribution >= 4 is 0 Å². The molecule has 1 rings (SSSR count). The molecular formula is C12H16. The van der Waals surface area contributed by atoms with Crippen LogP contribution < -0.4 is 0 Å². The molecule has 1 atom stereocenters. The summed E-state index contributed by atoms with van der Waals surface area (Å²) >= 11 is 0. The first-order chi connectivity index (χ1) is 5.70. The molecule has 0 bridgehead atoms. The first kappa shape index (κ1) is 9.05. The molecular weight excluding hydrogens is 144 g/mol. The smallest absolute Gasteiger partial charge is 0.0197 e. The van der Waals surface area contributed by atoms with Gasteiger partial charge in [-0.3, -0.25) is 0 Å². The summed E-state index contributed by atoms with van der Waals surface area (Å²) < 4.78 is 0. The third-order valence-electron chi connectivity index (χ3n) is 2.23. The summed E-state index contributed by atoms with van der Waals surface area (Å²) in [5, 5.41) is 0. The van der Waals surface area contributed by atoms with Gasteiger partial charge in [0, 0.05) is 0 Å². The van der Waals surface area contributed by atoms with Gasteiger partial charge in [0.15, 0.2) is 0 Å². The SMILES string of the molecule is C=C(C)C(C)Cc1ccccc1. The molecule has 0 spiro atoms. The quantitative estimate of drug-likeness (QED) is 0.594. The van der Waals surface area contributed by atoms with Gasteiger partial charge in [-0.25, -0.2) is 0 Å². The molecule has 0 N–H and O–H groups in total. The fourth-order valence-electron chi connectivity index (χ4n) is 1.14. The standard InChI is InChI=1S/C12H16/c1-10(2)11(3)9-12-7-5-4-6-8-12/h4-8,11H,1,9H2,2-3H3. The maximum Gasteiger partial charge on any atom is -0.0197 e. The molecule has 12 heavy (non-hydrogen) atoms. The second-order valence-corrected chi connectivity index (χ2v) is 3.44. The Kier molecular flexibility index (Phi) is 3.09. The predicted octanol–water partition coefficient (Wildman–Crippen LogP) is 3.44. The largest absolute Gasteiger partial charge is 0.0999 e. The first-order valence-corrected chi connectivity index (χ1v) is 4.39. The zero-order chi connectivity index (χ0) is 8.97. The number of benzene rings is 1. The van der Waals surface area contributed by atoms with E-state index >= 15 is 0 Å². The second kappa shape index (κ2) is 4.10. The molecule has 0 amide bonds. The number of rotatable bonds is 3. The van der Waals surface area contributed by atoms with Crippen molar-refractivity contribution in [2.24, 2.45) is 5.92 Å². The van der Waals surface area contributed by atoms with Gasteiger partial charge < -0.3 is 0 Å². The minimum atomic E-state index is 0.590. The summed E-state index contributed by atoms with van der Waals surface area (Å²) in [5.41, 5.74) is 2.66. The highest BCUT2D eigenvalue weighted by molar-refractivity contribution is 5.16. The lowest BCUT2D eigenvalue weighted by atomic mass is 9.96. The lowest BCUT2D eigenvalue weighted by Crippen LogP contribution is -1.99. The van der Waals surface area contributed by atoms with Gasteiger partial charge in [-0.2, -0.15) is 0 Å². The normalized spacial score (nSPS) is 12.5. The molecule has 0 nitrogen and oxygen atoms in total. The van der Waals surface area contributed by atoms with Crippen LogP contribution in [0.5, 0.6) is 0 Å². The molecule has 0 saturated heterocycles. The van der Waals surface area contributed by atoms with Gasteiger partial charge in [0.05, 0.1) is 0 Å². The molecule has 0 saturated carbocycles. The highest BCUT2D eigenvalue weighted by atomic mass is 14.1. The second-order valence-electron chi connectivity index (χ2n) is 3.44. The number of allylic oxidation sites excluding steroid dienone is 1. The Labute approximate surface area is 74.9 Å². The lowest BCUT2D eigenvalue weighted by molar-refractivity contribution is 0.680. The van der Waals surface area contributed by atoms with Gasteiger partial charge in [-0.15, -0.1) is 0 Å². The molecule has 0 aromatic heterocycles. The van der Waals surface area contributed by atoms with Gasteiger partial charge in [0.1, 0.15) is 0 Å². The van der Waals surface area contributed by atoms with Gasteiger partial charge in [0.2, 0.25) is 0 Å². The summed E-state index contributed by atoms with van der Waals surface area (Å²) in [6, 6.07) is 10.6. The van der Waals surface area contributed by atoms with Crippen LogP contribution >= 0.6 is 0 Å². The molecule has 0 heteroatoms. The van der Waals surface area contributed by atoms with Crippen LogP contribution in [-0.2, 0) is 6.42 Å². The molecule has 0 aliphatic carbocycles. The Bertz CT molecular complexity index is 246. The topological polar surface area (TPSA) is 0 Å². The Morgan fingerprint density at radius 3 is 2.42 bits per heavy atom. The zero-order valence-electron chi connectivity index (χ0n) is 7.88. The highest BCUT2D eigenvalue weighted by Gasteiger charge is 2.02. The van der Waals surface area contributed by atoms with Gasteiger partial charge in [-0.05, 0) is 24.8 Å². The molecule has 1 aromatic rings. The van der Waals surface area contributed by atoms with Crippen LogP contribution in [0.1, 0.15) is 19.4 Å². The first-order valence-electron chi connectivity index (χ1n) is 4.39. The Morgan fingerprint density at radius 1 is 1.33 bits per heavy atom. The monoisotopic (exact) mass is 160 g/mol. The zero-order valence-corrected chi connectivity index (χ0v) is 7.88. The predicted molar refractivity (Wildman–Crippen MR) is 54.1 cm³/mol.